The number of nitrogens with one attached hydrogen (secondary N) is 1. The zero-order valence-corrected chi connectivity index (χ0v) is 19.5. The van der Waals surface area contributed by atoms with Crippen molar-refractivity contribution in [2.75, 3.05) is 5.32 Å². The molecule has 0 fully saturated rings. The van der Waals surface area contributed by atoms with Crippen molar-refractivity contribution in [1.82, 2.24) is 0 Å². The van der Waals surface area contributed by atoms with Gasteiger partial charge in [-0.3, -0.25) is 0 Å². The Balaban J connectivity index is 1.36. The Labute approximate surface area is 205 Å². The van der Waals surface area contributed by atoms with Gasteiger partial charge in [0.1, 0.15) is 5.58 Å². The zero-order valence-electron chi connectivity index (χ0n) is 18.7. The predicted octanol–water partition coefficient (Wildman–Crippen LogP) is 10.0. The van der Waals surface area contributed by atoms with Gasteiger partial charge in [0.15, 0.2) is 5.58 Å². The molecule has 0 bridgehead atoms. The molecule has 1 N–H and O–H groups in total. The lowest BCUT2D eigenvalue weighted by molar-refractivity contribution is 0.670. The third-order valence-electron chi connectivity index (χ3n) is 7.05. The second-order valence-electron chi connectivity index (χ2n) is 9.02. The summed E-state index contributed by atoms with van der Waals surface area (Å²) >= 11 is 1.86. The highest BCUT2D eigenvalue weighted by molar-refractivity contribution is 7.27. The standard InChI is InChI=1S/C32H19NOS/c1-3-9-21-19(7-1)16-18-28-29(21)25-12-6-13-26(30(25)34-28)33-27-14-5-11-23-24-17-15-20-8-2-4-10-22(20)31(24)35-32(23)27/h1-18,33H. The van der Waals surface area contributed by atoms with Crippen molar-refractivity contribution in [1.29, 1.82) is 0 Å². The van der Waals surface area contributed by atoms with Crippen molar-refractivity contribution in [2.45, 2.75) is 0 Å². The van der Waals surface area contributed by atoms with Crippen LogP contribution in [0.15, 0.2) is 114 Å². The number of furan rings is 1. The first kappa shape index (κ1) is 19.0. The van der Waals surface area contributed by atoms with E-state index in [9.17, 15) is 0 Å². The highest BCUT2D eigenvalue weighted by Gasteiger charge is 2.16. The maximum Gasteiger partial charge on any atom is 0.158 e. The topological polar surface area (TPSA) is 25.2 Å². The van der Waals surface area contributed by atoms with Crippen LogP contribution in [0.2, 0.25) is 0 Å². The molecule has 3 heteroatoms. The Hall–Kier alpha value is -4.34. The second-order valence-corrected chi connectivity index (χ2v) is 10.0. The fraction of sp³-hybridized carbons (Fsp3) is 0. The molecule has 0 unspecified atom stereocenters. The van der Waals surface area contributed by atoms with Crippen molar-refractivity contribution >= 4 is 86.4 Å². The Morgan fingerprint density at radius 2 is 1.14 bits per heavy atom. The number of benzene rings is 6. The molecule has 0 spiro atoms. The molecule has 0 radical (unpaired) electrons. The molecule has 2 nitrogen and oxygen atoms in total. The molecule has 0 atom stereocenters. The van der Waals surface area contributed by atoms with Crippen LogP contribution < -0.4 is 5.32 Å². The molecule has 0 aliphatic heterocycles. The van der Waals surface area contributed by atoms with Gasteiger partial charge in [-0.05, 0) is 39.7 Å². The van der Waals surface area contributed by atoms with Gasteiger partial charge in [0, 0.05) is 26.2 Å². The molecule has 164 valence electrons. The van der Waals surface area contributed by atoms with Gasteiger partial charge in [-0.1, -0.05) is 91.0 Å². The van der Waals surface area contributed by atoms with Crippen molar-refractivity contribution in [3.63, 3.8) is 0 Å². The zero-order chi connectivity index (χ0) is 22.9. The number of rotatable bonds is 2. The number of para-hydroxylation sites is 1. The van der Waals surface area contributed by atoms with Crippen molar-refractivity contribution in [3.8, 4) is 0 Å². The van der Waals surface area contributed by atoms with E-state index in [0.717, 1.165) is 27.9 Å². The number of thiophene rings is 1. The van der Waals surface area contributed by atoms with Crippen LogP contribution in [0, 0.1) is 0 Å². The molecule has 0 saturated carbocycles. The van der Waals surface area contributed by atoms with E-state index in [4.69, 9.17) is 4.42 Å². The minimum Gasteiger partial charge on any atom is -0.454 e. The van der Waals surface area contributed by atoms with Crippen LogP contribution in [0.3, 0.4) is 0 Å². The average molecular weight is 466 g/mol. The van der Waals surface area contributed by atoms with E-state index in [2.05, 4.69) is 115 Å². The summed E-state index contributed by atoms with van der Waals surface area (Å²) in [5.41, 5.74) is 3.89. The van der Waals surface area contributed by atoms with Gasteiger partial charge in [0.25, 0.3) is 0 Å². The van der Waals surface area contributed by atoms with Gasteiger partial charge in [-0.15, -0.1) is 11.3 Å². The lowest BCUT2D eigenvalue weighted by Gasteiger charge is -2.08. The number of fused-ring (bicyclic) bond motifs is 10. The maximum atomic E-state index is 6.43. The average Bonchev–Trinajstić information content (AvgIpc) is 3.49. The van der Waals surface area contributed by atoms with Gasteiger partial charge < -0.3 is 9.73 Å². The lowest BCUT2D eigenvalue weighted by Crippen LogP contribution is -1.90. The molecule has 6 aromatic carbocycles. The molecule has 8 rings (SSSR count). The summed E-state index contributed by atoms with van der Waals surface area (Å²) in [6.45, 7) is 0. The molecule has 2 aromatic heterocycles. The normalized spacial score (nSPS) is 12.0. The summed E-state index contributed by atoms with van der Waals surface area (Å²) in [5.74, 6) is 0. The summed E-state index contributed by atoms with van der Waals surface area (Å²) in [7, 11) is 0. The van der Waals surface area contributed by atoms with Crippen molar-refractivity contribution < 1.29 is 4.42 Å². The Bertz CT molecular complexity index is 2080. The molecule has 2 heterocycles. The highest BCUT2D eigenvalue weighted by Crippen LogP contribution is 2.43. The molecule has 35 heavy (non-hydrogen) atoms. The first-order valence-corrected chi connectivity index (χ1v) is 12.6. The van der Waals surface area contributed by atoms with E-state index in [0.29, 0.717) is 0 Å². The van der Waals surface area contributed by atoms with Crippen molar-refractivity contribution in [3.05, 3.63) is 109 Å². The smallest absolute Gasteiger partial charge is 0.158 e. The van der Waals surface area contributed by atoms with E-state index in [1.165, 1.54) is 47.1 Å². The SMILES string of the molecule is c1ccc2c(c1)ccc1c3cccc(Nc4cccc5c4oc4ccc6ccccc6c45)c3sc21. The van der Waals surface area contributed by atoms with Gasteiger partial charge in [0.05, 0.1) is 16.1 Å². The number of anilines is 2. The molecule has 0 aliphatic carbocycles. The minimum atomic E-state index is 0.891. The van der Waals surface area contributed by atoms with Crippen LogP contribution in [-0.4, -0.2) is 0 Å². The third-order valence-corrected chi connectivity index (χ3v) is 8.33. The number of hydrogen-bond acceptors (Lipinski definition) is 3. The van der Waals surface area contributed by atoms with Crippen molar-refractivity contribution in [2.24, 2.45) is 0 Å². The maximum absolute atomic E-state index is 6.43. The largest absolute Gasteiger partial charge is 0.454 e. The summed E-state index contributed by atoms with van der Waals surface area (Å²) in [4.78, 5) is 0. The van der Waals surface area contributed by atoms with E-state index in [-0.39, 0.29) is 0 Å². The highest BCUT2D eigenvalue weighted by atomic mass is 32.1. The number of hydrogen-bond donors (Lipinski definition) is 1. The van der Waals surface area contributed by atoms with Crippen LogP contribution in [-0.2, 0) is 0 Å². The molecular weight excluding hydrogens is 446 g/mol. The molecular formula is C32H19NOS. The summed E-state index contributed by atoms with van der Waals surface area (Å²) in [6, 6.07) is 38.7. The minimum absolute atomic E-state index is 0.891. The van der Waals surface area contributed by atoms with E-state index in [1.807, 2.05) is 11.3 Å². The predicted molar refractivity (Wildman–Crippen MR) is 151 cm³/mol. The van der Waals surface area contributed by atoms with E-state index in [1.54, 1.807) is 0 Å². The third kappa shape index (κ3) is 2.70. The fourth-order valence-corrected chi connectivity index (χ4v) is 6.74. The Morgan fingerprint density at radius 1 is 0.486 bits per heavy atom. The first-order chi connectivity index (χ1) is 17.3. The second kappa shape index (κ2) is 7.08. The Kier molecular flexibility index (Phi) is 3.85. The first-order valence-electron chi connectivity index (χ1n) is 11.8. The van der Waals surface area contributed by atoms with Gasteiger partial charge in [-0.25, -0.2) is 0 Å². The van der Waals surface area contributed by atoms with Crippen LogP contribution in [0.4, 0.5) is 11.4 Å². The Morgan fingerprint density at radius 3 is 2.03 bits per heavy atom. The van der Waals surface area contributed by atoms with Gasteiger partial charge in [0.2, 0.25) is 0 Å². The van der Waals surface area contributed by atoms with Gasteiger partial charge >= 0.3 is 0 Å². The molecule has 0 amide bonds. The summed E-state index contributed by atoms with van der Waals surface area (Å²) < 4.78 is 9.03. The van der Waals surface area contributed by atoms with E-state index >= 15 is 0 Å². The van der Waals surface area contributed by atoms with Crippen LogP contribution in [0.25, 0.3) is 63.7 Å². The monoisotopic (exact) mass is 465 g/mol. The fourth-order valence-electron chi connectivity index (χ4n) is 5.44. The quantitative estimate of drug-likeness (QED) is 0.275. The molecule has 0 saturated heterocycles. The van der Waals surface area contributed by atoms with Gasteiger partial charge in [-0.2, -0.15) is 0 Å². The lowest BCUT2D eigenvalue weighted by atomic mass is 10.0. The summed E-state index contributed by atoms with van der Waals surface area (Å²) in [6.07, 6.45) is 0. The van der Waals surface area contributed by atoms with E-state index < -0.39 is 0 Å². The molecule has 0 aliphatic rings. The summed E-state index contributed by atoms with van der Waals surface area (Å²) in [5, 5.41) is 13.7. The van der Waals surface area contributed by atoms with Crippen LogP contribution in [0.5, 0.6) is 0 Å². The van der Waals surface area contributed by atoms with Crippen LogP contribution >= 0.6 is 11.3 Å². The molecule has 8 aromatic rings. The van der Waals surface area contributed by atoms with Crippen LogP contribution in [0.1, 0.15) is 0 Å².